The first-order chi connectivity index (χ1) is 10.2. The summed E-state index contributed by atoms with van der Waals surface area (Å²) >= 11 is 0. The quantitative estimate of drug-likeness (QED) is 0.780. The summed E-state index contributed by atoms with van der Waals surface area (Å²) in [6.07, 6.45) is 12.5. The van der Waals surface area contributed by atoms with E-state index in [4.69, 9.17) is 0 Å². The van der Waals surface area contributed by atoms with Crippen molar-refractivity contribution in [3.05, 3.63) is 11.6 Å². The first kappa shape index (κ1) is 16.3. The normalized spacial score (nSPS) is 39.1. The Morgan fingerprint density at radius 2 is 1.82 bits per heavy atom. The second kappa shape index (κ2) is 6.52. The molecule has 4 fully saturated rings. The Kier molecular flexibility index (Phi) is 4.84. The van der Waals surface area contributed by atoms with Crippen LogP contribution in [0.1, 0.15) is 51.4 Å². The molecule has 1 aliphatic heterocycles. The van der Waals surface area contributed by atoms with Crippen LogP contribution in [0.25, 0.3) is 0 Å². The summed E-state index contributed by atoms with van der Waals surface area (Å²) in [4.78, 5) is 12.4. The van der Waals surface area contributed by atoms with Crippen molar-refractivity contribution in [3.63, 3.8) is 0 Å². The van der Waals surface area contributed by atoms with Gasteiger partial charge in [0.05, 0.1) is 0 Å². The van der Waals surface area contributed by atoms with E-state index in [1.165, 1.54) is 44.1 Å². The van der Waals surface area contributed by atoms with Crippen LogP contribution in [-0.4, -0.2) is 25.5 Å². The van der Waals surface area contributed by atoms with Crippen LogP contribution in [0, 0.1) is 23.2 Å². The van der Waals surface area contributed by atoms with Crippen LogP contribution in [0.5, 0.6) is 0 Å². The Bertz CT molecular complexity index is 425. The van der Waals surface area contributed by atoms with Crippen molar-refractivity contribution in [2.45, 2.75) is 51.4 Å². The number of hydrogen-bond acceptors (Lipinski definition) is 2. The zero-order valence-corrected chi connectivity index (χ0v) is 14.2. The number of amides is 1. The SMILES string of the molecule is Cl.O=C(CC12CC3CC(CC(C3)C1)C2)NCC1=CCNCC1. The third kappa shape index (κ3) is 3.35. The minimum atomic E-state index is 0. The molecule has 3 nitrogen and oxygen atoms in total. The molecular formula is C18H29ClN2O. The van der Waals surface area contributed by atoms with Gasteiger partial charge in [0.1, 0.15) is 0 Å². The molecule has 2 N–H and O–H groups in total. The van der Waals surface area contributed by atoms with Gasteiger partial charge in [-0.15, -0.1) is 12.4 Å². The fourth-order valence-electron chi connectivity index (χ4n) is 5.95. The minimum Gasteiger partial charge on any atom is -0.352 e. The highest BCUT2D eigenvalue weighted by Crippen LogP contribution is 2.61. The average Bonchev–Trinajstić information content (AvgIpc) is 2.44. The van der Waals surface area contributed by atoms with Gasteiger partial charge in [-0.1, -0.05) is 11.6 Å². The fourth-order valence-corrected chi connectivity index (χ4v) is 5.95. The van der Waals surface area contributed by atoms with Crippen LogP contribution in [-0.2, 0) is 4.79 Å². The molecule has 1 heterocycles. The monoisotopic (exact) mass is 324 g/mol. The van der Waals surface area contributed by atoms with Crippen LogP contribution in [0.4, 0.5) is 0 Å². The summed E-state index contributed by atoms with van der Waals surface area (Å²) in [6, 6.07) is 0. The first-order valence-corrected chi connectivity index (χ1v) is 8.86. The number of carbonyl (C=O) groups excluding carboxylic acids is 1. The fraction of sp³-hybridized carbons (Fsp3) is 0.833. The van der Waals surface area contributed by atoms with Crippen LogP contribution < -0.4 is 10.6 Å². The lowest BCUT2D eigenvalue weighted by atomic mass is 9.49. The van der Waals surface area contributed by atoms with Gasteiger partial charge in [0, 0.05) is 19.5 Å². The molecule has 0 aromatic carbocycles. The molecule has 0 aromatic heterocycles. The molecule has 4 bridgehead atoms. The van der Waals surface area contributed by atoms with Gasteiger partial charge in [-0.25, -0.2) is 0 Å². The van der Waals surface area contributed by atoms with Crippen molar-refractivity contribution in [1.29, 1.82) is 0 Å². The van der Waals surface area contributed by atoms with E-state index >= 15 is 0 Å². The predicted octanol–water partition coefficient (Wildman–Crippen LogP) is 3.05. The van der Waals surface area contributed by atoms with Crippen molar-refractivity contribution >= 4 is 18.3 Å². The van der Waals surface area contributed by atoms with E-state index in [2.05, 4.69) is 16.7 Å². The van der Waals surface area contributed by atoms with E-state index in [0.29, 0.717) is 11.3 Å². The van der Waals surface area contributed by atoms with Gasteiger partial charge in [-0.2, -0.15) is 0 Å². The molecule has 0 saturated heterocycles. The lowest BCUT2D eigenvalue weighted by Gasteiger charge is -2.56. The Hall–Kier alpha value is -0.540. The molecule has 22 heavy (non-hydrogen) atoms. The van der Waals surface area contributed by atoms with Crippen molar-refractivity contribution in [1.82, 2.24) is 10.6 Å². The second-order valence-corrected chi connectivity index (χ2v) is 8.19. The Labute approximate surface area is 140 Å². The molecule has 124 valence electrons. The minimum absolute atomic E-state index is 0. The summed E-state index contributed by atoms with van der Waals surface area (Å²) < 4.78 is 0. The zero-order valence-electron chi connectivity index (χ0n) is 13.4. The molecule has 5 aliphatic rings. The highest BCUT2D eigenvalue weighted by molar-refractivity contribution is 5.85. The van der Waals surface area contributed by atoms with Gasteiger partial charge >= 0.3 is 0 Å². The van der Waals surface area contributed by atoms with E-state index in [-0.39, 0.29) is 12.4 Å². The standard InChI is InChI=1S/C18H28N2O.ClH/c21-17(20-12-13-1-3-19-4-2-13)11-18-8-14-5-15(9-18)7-16(6-14)10-18;/h1,14-16,19H,2-12H2,(H,20,21);1H. The third-order valence-electron chi connectivity index (χ3n) is 6.37. The second-order valence-electron chi connectivity index (χ2n) is 8.19. The molecule has 4 heteroatoms. The average molecular weight is 325 g/mol. The van der Waals surface area contributed by atoms with Crippen molar-refractivity contribution in [3.8, 4) is 0 Å². The number of nitrogens with one attached hydrogen (secondary N) is 2. The molecule has 1 amide bonds. The molecule has 0 spiro atoms. The van der Waals surface area contributed by atoms with Gasteiger partial charge in [-0.3, -0.25) is 4.79 Å². The first-order valence-electron chi connectivity index (χ1n) is 8.86. The smallest absolute Gasteiger partial charge is 0.220 e. The largest absolute Gasteiger partial charge is 0.352 e. The molecule has 0 atom stereocenters. The van der Waals surface area contributed by atoms with Crippen LogP contribution >= 0.6 is 12.4 Å². The van der Waals surface area contributed by atoms with Crippen molar-refractivity contribution < 1.29 is 4.79 Å². The van der Waals surface area contributed by atoms with Gasteiger partial charge < -0.3 is 10.6 Å². The molecule has 0 unspecified atom stereocenters. The maximum absolute atomic E-state index is 12.4. The number of carbonyl (C=O) groups is 1. The molecule has 4 aliphatic carbocycles. The number of rotatable bonds is 4. The lowest BCUT2D eigenvalue weighted by Crippen LogP contribution is -2.48. The van der Waals surface area contributed by atoms with E-state index in [1.54, 1.807) is 0 Å². The van der Waals surface area contributed by atoms with Crippen molar-refractivity contribution in [2.75, 3.05) is 19.6 Å². The van der Waals surface area contributed by atoms with Gasteiger partial charge in [0.2, 0.25) is 5.91 Å². The predicted molar refractivity (Wildman–Crippen MR) is 91.0 cm³/mol. The lowest BCUT2D eigenvalue weighted by molar-refractivity contribution is -0.129. The Morgan fingerprint density at radius 1 is 1.18 bits per heavy atom. The number of halogens is 1. The maximum Gasteiger partial charge on any atom is 0.220 e. The van der Waals surface area contributed by atoms with Crippen LogP contribution in [0.2, 0.25) is 0 Å². The van der Waals surface area contributed by atoms with Gasteiger partial charge in [0.15, 0.2) is 0 Å². The van der Waals surface area contributed by atoms with E-state index in [0.717, 1.165) is 50.2 Å². The summed E-state index contributed by atoms with van der Waals surface area (Å²) in [5.74, 6) is 3.12. The highest BCUT2D eigenvalue weighted by atomic mass is 35.5. The van der Waals surface area contributed by atoms with Gasteiger partial charge in [-0.05, 0) is 74.7 Å². The Morgan fingerprint density at radius 3 is 2.36 bits per heavy atom. The van der Waals surface area contributed by atoms with Crippen LogP contribution in [0.3, 0.4) is 0 Å². The van der Waals surface area contributed by atoms with E-state index in [9.17, 15) is 4.79 Å². The van der Waals surface area contributed by atoms with E-state index < -0.39 is 0 Å². The van der Waals surface area contributed by atoms with E-state index in [1.807, 2.05) is 0 Å². The highest BCUT2D eigenvalue weighted by Gasteiger charge is 2.51. The van der Waals surface area contributed by atoms with Gasteiger partial charge in [0.25, 0.3) is 0 Å². The zero-order chi connectivity index (χ0) is 14.3. The summed E-state index contributed by atoms with van der Waals surface area (Å²) in [5.41, 5.74) is 1.77. The summed E-state index contributed by atoms with van der Waals surface area (Å²) in [7, 11) is 0. The van der Waals surface area contributed by atoms with Crippen molar-refractivity contribution in [2.24, 2.45) is 23.2 Å². The summed E-state index contributed by atoms with van der Waals surface area (Å²) in [6.45, 7) is 2.78. The Balaban J connectivity index is 0.00000144. The molecule has 5 rings (SSSR count). The molecule has 0 radical (unpaired) electrons. The topological polar surface area (TPSA) is 41.1 Å². The number of hydrogen-bond donors (Lipinski definition) is 2. The molecule has 0 aromatic rings. The van der Waals surface area contributed by atoms with Crippen LogP contribution in [0.15, 0.2) is 11.6 Å². The summed E-state index contributed by atoms with van der Waals surface area (Å²) in [5, 5.41) is 6.51. The maximum atomic E-state index is 12.4. The molecular weight excluding hydrogens is 296 g/mol. The molecule has 4 saturated carbocycles. The third-order valence-corrected chi connectivity index (χ3v) is 6.37.